The molecule has 0 aliphatic heterocycles. The van der Waals surface area contributed by atoms with Crippen LogP contribution in [0.15, 0.2) is 46.3 Å². The SMILES string of the molecule is COc1ccc(NC(=O)CSc2nc(N)c(NC(=O)c3ccc(F)c(F)c3)c(=O)[nH]2)c(OC)c1. The summed E-state index contributed by atoms with van der Waals surface area (Å²) in [7, 11) is 2.95. The zero-order valence-electron chi connectivity index (χ0n) is 17.9. The van der Waals surface area contributed by atoms with Crippen molar-refractivity contribution in [1.82, 2.24) is 9.97 Å². The third-order valence-electron chi connectivity index (χ3n) is 4.37. The van der Waals surface area contributed by atoms with E-state index in [-0.39, 0.29) is 28.0 Å². The second-order valence-electron chi connectivity index (χ2n) is 6.62. The van der Waals surface area contributed by atoms with Crippen LogP contribution in [0, 0.1) is 11.6 Å². The van der Waals surface area contributed by atoms with Gasteiger partial charge in [0.15, 0.2) is 22.6 Å². The average Bonchev–Trinajstić information content (AvgIpc) is 2.81. The maximum atomic E-state index is 13.3. The molecule has 178 valence electrons. The monoisotopic (exact) mass is 491 g/mol. The Hall–Kier alpha value is -4.13. The van der Waals surface area contributed by atoms with Gasteiger partial charge < -0.3 is 25.8 Å². The number of H-pyrrole nitrogens is 1. The van der Waals surface area contributed by atoms with Crippen molar-refractivity contribution in [2.75, 3.05) is 36.3 Å². The van der Waals surface area contributed by atoms with Gasteiger partial charge in [0.2, 0.25) is 5.91 Å². The summed E-state index contributed by atoms with van der Waals surface area (Å²) in [6.45, 7) is 0. The Labute approximate surface area is 195 Å². The topological polar surface area (TPSA) is 148 Å². The van der Waals surface area contributed by atoms with Gasteiger partial charge in [0.05, 0.1) is 25.7 Å². The molecular weight excluding hydrogens is 472 g/mol. The number of ether oxygens (including phenoxy) is 2. The largest absolute Gasteiger partial charge is 0.497 e. The number of aromatic amines is 1. The highest BCUT2D eigenvalue weighted by atomic mass is 32.2. The number of hydrogen-bond donors (Lipinski definition) is 4. The zero-order valence-corrected chi connectivity index (χ0v) is 18.7. The van der Waals surface area contributed by atoms with Gasteiger partial charge in [-0.1, -0.05) is 11.8 Å². The molecule has 0 fully saturated rings. The minimum atomic E-state index is -1.22. The van der Waals surface area contributed by atoms with Gasteiger partial charge in [0.25, 0.3) is 11.5 Å². The van der Waals surface area contributed by atoms with Crippen molar-refractivity contribution < 1.29 is 27.8 Å². The maximum absolute atomic E-state index is 13.3. The number of benzene rings is 2. The minimum absolute atomic E-state index is 0.0326. The van der Waals surface area contributed by atoms with Crippen LogP contribution in [0.1, 0.15) is 10.4 Å². The molecule has 3 aromatic rings. The number of thioether (sulfide) groups is 1. The number of nitrogens with two attached hydrogens (primary N) is 1. The van der Waals surface area contributed by atoms with E-state index in [0.29, 0.717) is 23.3 Å². The Kier molecular flexibility index (Phi) is 7.68. The van der Waals surface area contributed by atoms with Crippen LogP contribution in [-0.2, 0) is 4.79 Å². The first kappa shape index (κ1) is 24.5. The first-order valence-electron chi connectivity index (χ1n) is 9.52. The minimum Gasteiger partial charge on any atom is -0.497 e. The lowest BCUT2D eigenvalue weighted by Crippen LogP contribution is -2.23. The van der Waals surface area contributed by atoms with Crippen LogP contribution < -0.4 is 31.4 Å². The summed E-state index contributed by atoms with van der Waals surface area (Å²) in [5, 5.41) is 4.92. The first-order valence-corrected chi connectivity index (χ1v) is 10.5. The number of carbonyl (C=O) groups is 2. The fourth-order valence-corrected chi connectivity index (χ4v) is 3.37. The smallest absolute Gasteiger partial charge is 0.277 e. The molecule has 2 amide bonds. The number of nitrogen functional groups attached to an aromatic ring is 1. The van der Waals surface area contributed by atoms with Crippen LogP contribution in [0.25, 0.3) is 0 Å². The van der Waals surface area contributed by atoms with Crippen molar-refractivity contribution in [2.45, 2.75) is 5.16 Å². The van der Waals surface area contributed by atoms with Crippen LogP contribution >= 0.6 is 11.8 Å². The molecule has 0 unspecified atom stereocenters. The molecule has 1 heterocycles. The number of carbonyl (C=O) groups excluding carboxylic acids is 2. The highest BCUT2D eigenvalue weighted by Crippen LogP contribution is 2.29. The molecule has 10 nitrogen and oxygen atoms in total. The second kappa shape index (κ2) is 10.7. The number of anilines is 3. The summed E-state index contributed by atoms with van der Waals surface area (Å²) >= 11 is 0.897. The summed E-state index contributed by atoms with van der Waals surface area (Å²) in [5.41, 5.74) is 4.82. The number of amides is 2. The molecule has 0 atom stereocenters. The summed E-state index contributed by atoms with van der Waals surface area (Å²) in [6, 6.07) is 7.38. The Morgan fingerprint density at radius 2 is 1.85 bits per heavy atom. The van der Waals surface area contributed by atoms with E-state index in [2.05, 4.69) is 20.6 Å². The third-order valence-corrected chi connectivity index (χ3v) is 5.24. The van der Waals surface area contributed by atoms with E-state index >= 15 is 0 Å². The number of halogens is 2. The van der Waals surface area contributed by atoms with E-state index in [9.17, 15) is 23.2 Å². The molecule has 3 rings (SSSR count). The molecule has 0 bridgehead atoms. The Balaban J connectivity index is 1.65. The summed E-state index contributed by atoms with van der Waals surface area (Å²) in [6.07, 6.45) is 0. The summed E-state index contributed by atoms with van der Waals surface area (Å²) < 4.78 is 36.7. The van der Waals surface area contributed by atoms with E-state index in [1.54, 1.807) is 18.2 Å². The van der Waals surface area contributed by atoms with Gasteiger partial charge in [-0.3, -0.25) is 19.4 Å². The Morgan fingerprint density at radius 1 is 1.09 bits per heavy atom. The highest BCUT2D eigenvalue weighted by Gasteiger charge is 2.16. The molecule has 0 saturated carbocycles. The average molecular weight is 491 g/mol. The predicted molar refractivity (Wildman–Crippen MR) is 122 cm³/mol. The summed E-state index contributed by atoms with van der Waals surface area (Å²) in [4.78, 5) is 43.3. The molecular formula is C21H19F2N5O5S. The van der Waals surface area contributed by atoms with Gasteiger partial charge in [0, 0.05) is 11.6 Å². The van der Waals surface area contributed by atoms with Crippen LogP contribution in [0.5, 0.6) is 11.5 Å². The number of nitrogens with one attached hydrogen (secondary N) is 3. The third kappa shape index (κ3) is 5.81. The molecule has 2 aromatic carbocycles. The number of hydrogen-bond acceptors (Lipinski definition) is 8. The van der Waals surface area contributed by atoms with Crippen LogP contribution in [0.3, 0.4) is 0 Å². The highest BCUT2D eigenvalue weighted by molar-refractivity contribution is 7.99. The normalized spacial score (nSPS) is 10.5. The zero-order chi connectivity index (χ0) is 24.8. The van der Waals surface area contributed by atoms with Crippen LogP contribution in [-0.4, -0.2) is 41.8 Å². The molecule has 13 heteroatoms. The van der Waals surface area contributed by atoms with E-state index in [4.69, 9.17) is 15.2 Å². The van der Waals surface area contributed by atoms with Crippen molar-refractivity contribution in [3.8, 4) is 11.5 Å². The van der Waals surface area contributed by atoms with Gasteiger partial charge in [-0.15, -0.1) is 0 Å². The van der Waals surface area contributed by atoms with E-state index in [1.165, 1.54) is 14.2 Å². The van der Waals surface area contributed by atoms with Crippen molar-refractivity contribution in [3.63, 3.8) is 0 Å². The Morgan fingerprint density at radius 3 is 2.50 bits per heavy atom. The van der Waals surface area contributed by atoms with Gasteiger partial charge >= 0.3 is 0 Å². The van der Waals surface area contributed by atoms with Crippen LogP contribution in [0.4, 0.5) is 26.0 Å². The van der Waals surface area contributed by atoms with Gasteiger partial charge in [-0.05, 0) is 30.3 Å². The maximum Gasteiger partial charge on any atom is 0.277 e. The number of rotatable bonds is 8. The number of nitrogens with zero attached hydrogens (tertiary/aromatic N) is 1. The van der Waals surface area contributed by atoms with Crippen molar-refractivity contribution in [2.24, 2.45) is 0 Å². The number of aromatic nitrogens is 2. The predicted octanol–water partition coefficient (Wildman–Crippen LogP) is 2.63. The molecule has 0 aliphatic rings. The molecule has 0 radical (unpaired) electrons. The lowest BCUT2D eigenvalue weighted by molar-refractivity contribution is -0.113. The van der Waals surface area contributed by atoms with Crippen LogP contribution in [0.2, 0.25) is 0 Å². The fourth-order valence-electron chi connectivity index (χ4n) is 2.70. The lowest BCUT2D eigenvalue weighted by Gasteiger charge is -2.11. The van der Waals surface area contributed by atoms with E-state index in [1.807, 2.05) is 0 Å². The molecule has 0 spiro atoms. The van der Waals surface area contributed by atoms with Crippen molar-refractivity contribution in [1.29, 1.82) is 0 Å². The summed E-state index contributed by atoms with van der Waals surface area (Å²) in [5.74, 6) is -3.13. The van der Waals surface area contributed by atoms with Crippen molar-refractivity contribution in [3.05, 3.63) is 63.9 Å². The standard InChI is InChI=1S/C21H19F2N5O5S/c1-32-11-4-6-14(15(8-11)33-2)25-16(29)9-34-21-27-18(24)17(20(31)28-21)26-19(30)10-3-5-12(22)13(23)7-10/h3-8H,9H2,1-2H3,(H,25,29)(H,26,30)(H3,24,27,28,31). The van der Waals surface area contributed by atoms with Gasteiger partial charge in [-0.2, -0.15) is 0 Å². The molecule has 5 N–H and O–H groups in total. The first-order chi connectivity index (χ1) is 16.2. The van der Waals surface area contributed by atoms with E-state index < -0.39 is 29.0 Å². The molecule has 1 aromatic heterocycles. The lowest BCUT2D eigenvalue weighted by atomic mass is 10.2. The molecule has 0 aliphatic carbocycles. The van der Waals surface area contributed by atoms with Gasteiger partial charge in [-0.25, -0.2) is 13.8 Å². The number of methoxy groups -OCH3 is 2. The fraction of sp³-hybridized carbons (Fsp3) is 0.143. The van der Waals surface area contributed by atoms with Gasteiger partial charge in [0.1, 0.15) is 17.2 Å². The quantitative estimate of drug-likeness (QED) is 0.278. The Bertz CT molecular complexity index is 1300. The van der Waals surface area contributed by atoms with E-state index in [0.717, 1.165) is 23.9 Å². The molecule has 0 saturated heterocycles. The second-order valence-corrected chi connectivity index (χ2v) is 7.58. The molecule has 34 heavy (non-hydrogen) atoms. The van der Waals surface area contributed by atoms with Crippen molar-refractivity contribution >= 4 is 40.8 Å².